The first kappa shape index (κ1) is 18.7. The van der Waals surface area contributed by atoms with Gasteiger partial charge in [0, 0.05) is 17.5 Å². The summed E-state index contributed by atoms with van der Waals surface area (Å²) in [7, 11) is 3.10. The zero-order chi connectivity index (χ0) is 18.7. The fraction of sp³-hybridized carbons (Fsp3) is 0.333. The SMILES string of the molecule is CCN(Cc1nc2cc(OC)c(OC)cc2c(=O)[nH]1)Cc1ccc(Cl)s1. The lowest BCUT2D eigenvalue weighted by Gasteiger charge is -2.19. The van der Waals surface area contributed by atoms with Gasteiger partial charge in [-0.15, -0.1) is 11.3 Å². The molecule has 6 nitrogen and oxygen atoms in total. The van der Waals surface area contributed by atoms with E-state index < -0.39 is 0 Å². The third kappa shape index (κ3) is 4.00. The van der Waals surface area contributed by atoms with Crippen LogP contribution in [0.4, 0.5) is 0 Å². The molecule has 3 aromatic rings. The Morgan fingerprint density at radius 2 is 1.92 bits per heavy atom. The molecule has 0 aliphatic carbocycles. The van der Waals surface area contributed by atoms with Gasteiger partial charge < -0.3 is 14.5 Å². The Kier molecular flexibility index (Phi) is 5.80. The molecule has 0 saturated heterocycles. The minimum Gasteiger partial charge on any atom is -0.493 e. The molecule has 0 radical (unpaired) electrons. The maximum atomic E-state index is 12.5. The number of hydrogen-bond acceptors (Lipinski definition) is 6. The average Bonchev–Trinajstić information content (AvgIpc) is 3.04. The van der Waals surface area contributed by atoms with Crippen molar-refractivity contribution in [2.24, 2.45) is 0 Å². The molecule has 1 N–H and O–H groups in total. The predicted octanol–water partition coefficient (Wildman–Crippen LogP) is 3.68. The number of H-pyrrole nitrogens is 1. The topological polar surface area (TPSA) is 67.5 Å². The van der Waals surface area contributed by atoms with Gasteiger partial charge in [-0.3, -0.25) is 9.69 Å². The molecule has 0 unspecified atom stereocenters. The minimum absolute atomic E-state index is 0.193. The molecule has 8 heteroatoms. The zero-order valence-electron chi connectivity index (χ0n) is 14.8. The summed E-state index contributed by atoms with van der Waals surface area (Å²) >= 11 is 7.56. The quantitative estimate of drug-likeness (QED) is 0.663. The van der Waals surface area contributed by atoms with Crippen molar-refractivity contribution in [1.29, 1.82) is 0 Å². The van der Waals surface area contributed by atoms with Crippen LogP contribution in [0.1, 0.15) is 17.6 Å². The molecule has 0 atom stereocenters. The van der Waals surface area contributed by atoms with Crippen molar-refractivity contribution in [1.82, 2.24) is 14.9 Å². The normalized spacial score (nSPS) is 11.3. The van der Waals surface area contributed by atoms with E-state index in [1.54, 1.807) is 30.6 Å². The molecule has 138 valence electrons. The van der Waals surface area contributed by atoms with E-state index in [9.17, 15) is 4.79 Å². The average molecular weight is 394 g/mol. The number of nitrogens with one attached hydrogen (secondary N) is 1. The van der Waals surface area contributed by atoms with Crippen LogP contribution in [-0.2, 0) is 13.1 Å². The van der Waals surface area contributed by atoms with Crippen LogP contribution in [0.25, 0.3) is 10.9 Å². The van der Waals surface area contributed by atoms with E-state index >= 15 is 0 Å². The predicted molar refractivity (Wildman–Crippen MR) is 105 cm³/mol. The maximum absolute atomic E-state index is 12.5. The number of nitrogens with zero attached hydrogens (tertiary/aromatic N) is 2. The molecule has 0 spiro atoms. The van der Waals surface area contributed by atoms with Crippen molar-refractivity contribution in [3.63, 3.8) is 0 Å². The van der Waals surface area contributed by atoms with Gasteiger partial charge in [0.05, 0.1) is 36.0 Å². The van der Waals surface area contributed by atoms with E-state index in [0.29, 0.717) is 34.8 Å². The molecule has 3 rings (SSSR count). The van der Waals surface area contributed by atoms with E-state index in [4.69, 9.17) is 21.1 Å². The van der Waals surface area contributed by atoms with Gasteiger partial charge in [-0.1, -0.05) is 18.5 Å². The number of benzene rings is 1. The van der Waals surface area contributed by atoms with Gasteiger partial charge in [0.1, 0.15) is 5.82 Å². The van der Waals surface area contributed by atoms with Crippen LogP contribution in [0.15, 0.2) is 29.1 Å². The number of aromatic amines is 1. The molecule has 2 heterocycles. The highest BCUT2D eigenvalue weighted by atomic mass is 35.5. The summed E-state index contributed by atoms with van der Waals surface area (Å²) in [6.45, 7) is 4.18. The first-order valence-electron chi connectivity index (χ1n) is 8.15. The fourth-order valence-electron chi connectivity index (χ4n) is 2.74. The molecule has 0 bridgehead atoms. The minimum atomic E-state index is -0.193. The molecule has 26 heavy (non-hydrogen) atoms. The van der Waals surface area contributed by atoms with Crippen molar-refractivity contribution in [2.75, 3.05) is 20.8 Å². The Balaban J connectivity index is 1.90. The number of aromatic nitrogens is 2. The van der Waals surface area contributed by atoms with E-state index in [1.165, 1.54) is 12.0 Å². The summed E-state index contributed by atoms with van der Waals surface area (Å²) < 4.78 is 11.3. The third-order valence-electron chi connectivity index (χ3n) is 4.09. The molecule has 0 aliphatic rings. The number of ether oxygens (including phenoxy) is 2. The van der Waals surface area contributed by atoms with Crippen LogP contribution >= 0.6 is 22.9 Å². The second kappa shape index (κ2) is 8.07. The lowest BCUT2D eigenvalue weighted by atomic mass is 10.2. The summed E-state index contributed by atoms with van der Waals surface area (Å²) in [5, 5.41) is 0.472. The number of thiophene rings is 1. The van der Waals surface area contributed by atoms with Crippen LogP contribution in [0.5, 0.6) is 11.5 Å². The van der Waals surface area contributed by atoms with Crippen LogP contribution in [0, 0.1) is 0 Å². The molecule has 1 aromatic carbocycles. The standard InChI is InChI=1S/C18H20ClN3O3S/c1-4-22(9-11-5-6-16(19)26-11)10-17-20-13-8-15(25-3)14(24-2)7-12(13)18(23)21-17/h5-8H,4,9-10H2,1-3H3,(H,20,21,23). The number of hydrogen-bond donors (Lipinski definition) is 1. The third-order valence-corrected chi connectivity index (χ3v) is 5.30. The Bertz CT molecular complexity index is 970. The van der Waals surface area contributed by atoms with Gasteiger partial charge in [0.2, 0.25) is 0 Å². The number of fused-ring (bicyclic) bond motifs is 1. The highest BCUT2D eigenvalue weighted by Crippen LogP contribution is 2.30. The molecule has 2 aromatic heterocycles. The Morgan fingerprint density at radius 1 is 1.19 bits per heavy atom. The molecular weight excluding hydrogens is 374 g/mol. The van der Waals surface area contributed by atoms with Crippen LogP contribution < -0.4 is 15.0 Å². The molecule has 0 aliphatic heterocycles. The lowest BCUT2D eigenvalue weighted by Crippen LogP contribution is -2.25. The Labute approximate surface area is 160 Å². The van der Waals surface area contributed by atoms with Gasteiger partial charge >= 0.3 is 0 Å². The van der Waals surface area contributed by atoms with Crippen molar-refractivity contribution in [2.45, 2.75) is 20.0 Å². The van der Waals surface area contributed by atoms with Crippen molar-refractivity contribution >= 4 is 33.8 Å². The van der Waals surface area contributed by atoms with Gasteiger partial charge in [-0.05, 0) is 24.7 Å². The van der Waals surface area contributed by atoms with Gasteiger partial charge in [-0.25, -0.2) is 4.98 Å². The molecule has 0 saturated carbocycles. The summed E-state index contributed by atoms with van der Waals surface area (Å²) in [4.78, 5) is 23.3. The molecule has 0 amide bonds. The lowest BCUT2D eigenvalue weighted by molar-refractivity contribution is 0.267. The number of rotatable bonds is 7. The molecule has 0 fully saturated rings. The fourth-order valence-corrected chi connectivity index (χ4v) is 3.87. The van der Waals surface area contributed by atoms with Gasteiger partial charge in [-0.2, -0.15) is 0 Å². The summed E-state index contributed by atoms with van der Waals surface area (Å²) in [6.07, 6.45) is 0. The van der Waals surface area contributed by atoms with E-state index in [1.807, 2.05) is 12.1 Å². The molecular formula is C18H20ClN3O3S. The summed E-state index contributed by atoms with van der Waals surface area (Å²) in [6, 6.07) is 7.28. The van der Waals surface area contributed by atoms with Crippen molar-refractivity contribution in [3.05, 3.63) is 49.7 Å². The second-order valence-corrected chi connectivity index (χ2v) is 7.55. The first-order valence-corrected chi connectivity index (χ1v) is 9.35. The largest absolute Gasteiger partial charge is 0.493 e. The first-order chi connectivity index (χ1) is 12.5. The Morgan fingerprint density at radius 3 is 2.54 bits per heavy atom. The monoisotopic (exact) mass is 393 g/mol. The van der Waals surface area contributed by atoms with Gasteiger partial charge in [0.25, 0.3) is 5.56 Å². The van der Waals surface area contributed by atoms with Crippen molar-refractivity contribution < 1.29 is 9.47 Å². The smallest absolute Gasteiger partial charge is 0.258 e. The highest BCUT2D eigenvalue weighted by Gasteiger charge is 2.13. The number of methoxy groups -OCH3 is 2. The van der Waals surface area contributed by atoms with Crippen LogP contribution in [0.3, 0.4) is 0 Å². The van der Waals surface area contributed by atoms with E-state index in [-0.39, 0.29) is 5.56 Å². The highest BCUT2D eigenvalue weighted by molar-refractivity contribution is 7.16. The van der Waals surface area contributed by atoms with Gasteiger partial charge in [0.15, 0.2) is 11.5 Å². The second-order valence-electron chi connectivity index (χ2n) is 5.75. The van der Waals surface area contributed by atoms with E-state index in [2.05, 4.69) is 21.8 Å². The summed E-state index contributed by atoms with van der Waals surface area (Å²) in [5.74, 6) is 1.66. The van der Waals surface area contributed by atoms with Crippen LogP contribution in [0.2, 0.25) is 4.34 Å². The maximum Gasteiger partial charge on any atom is 0.258 e. The summed E-state index contributed by atoms with van der Waals surface area (Å²) in [5.41, 5.74) is 0.387. The van der Waals surface area contributed by atoms with Crippen LogP contribution in [-0.4, -0.2) is 35.6 Å². The Hall–Kier alpha value is -2.09. The number of halogens is 1. The van der Waals surface area contributed by atoms with Crippen molar-refractivity contribution in [3.8, 4) is 11.5 Å². The van der Waals surface area contributed by atoms with E-state index in [0.717, 1.165) is 17.4 Å². The zero-order valence-corrected chi connectivity index (χ0v) is 16.4.